The molecule has 1 heterocycles. The van der Waals surface area contributed by atoms with E-state index >= 15 is 0 Å². The summed E-state index contributed by atoms with van der Waals surface area (Å²) in [5.41, 5.74) is 0.595. The molecule has 0 amide bonds. The standard InChI is InChI=1S/C11H12O3S/c1-3-13-9-5-11-10(14-6-15-11)4-8(9)7(2)12/h4-5H,3,6H2,1-2H3. The van der Waals surface area contributed by atoms with E-state index in [1.165, 1.54) is 6.92 Å². The van der Waals surface area contributed by atoms with E-state index in [-0.39, 0.29) is 5.78 Å². The number of carbonyl (C=O) groups is 1. The number of ether oxygens (including phenoxy) is 2. The summed E-state index contributed by atoms with van der Waals surface area (Å²) in [5.74, 6) is 2.06. The molecule has 1 aliphatic heterocycles. The van der Waals surface area contributed by atoms with Crippen LogP contribution in [0.3, 0.4) is 0 Å². The first kappa shape index (κ1) is 10.4. The monoisotopic (exact) mass is 224 g/mol. The molecule has 15 heavy (non-hydrogen) atoms. The van der Waals surface area contributed by atoms with Crippen LogP contribution in [0.4, 0.5) is 0 Å². The molecular weight excluding hydrogens is 212 g/mol. The smallest absolute Gasteiger partial charge is 0.163 e. The Morgan fingerprint density at radius 3 is 3.07 bits per heavy atom. The number of benzene rings is 1. The first-order valence-corrected chi connectivity index (χ1v) is 5.78. The van der Waals surface area contributed by atoms with E-state index in [2.05, 4.69) is 0 Å². The Bertz CT molecular complexity index is 401. The molecule has 0 fully saturated rings. The van der Waals surface area contributed by atoms with Gasteiger partial charge in [0.2, 0.25) is 0 Å². The zero-order valence-corrected chi connectivity index (χ0v) is 9.52. The minimum absolute atomic E-state index is 0.00162. The van der Waals surface area contributed by atoms with Crippen molar-refractivity contribution in [3.05, 3.63) is 17.7 Å². The van der Waals surface area contributed by atoms with Gasteiger partial charge in [0.15, 0.2) is 5.78 Å². The Kier molecular flexibility index (Phi) is 2.86. The van der Waals surface area contributed by atoms with Crippen LogP contribution in [0.5, 0.6) is 11.5 Å². The number of fused-ring (bicyclic) bond motifs is 1. The highest BCUT2D eigenvalue weighted by molar-refractivity contribution is 7.99. The highest BCUT2D eigenvalue weighted by atomic mass is 32.2. The van der Waals surface area contributed by atoms with Gasteiger partial charge in [-0.25, -0.2) is 0 Å². The summed E-state index contributed by atoms with van der Waals surface area (Å²) in [6, 6.07) is 3.65. The maximum Gasteiger partial charge on any atom is 0.163 e. The first-order valence-electron chi connectivity index (χ1n) is 4.79. The van der Waals surface area contributed by atoms with Crippen molar-refractivity contribution in [3.63, 3.8) is 0 Å². The number of ketones is 1. The molecule has 0 saturated carbocycles. The predicted octanol–water partition coefficient (Wildman–Crippen LogP) is 2.73. The summed E-state index contributed by atoms with van der Waals surface area (Å²) in [6.45, 7) is 4.00. The second kappa shape index (κ2) is 4.14. The summed E-state index contributed by atoms with van der Waals surface area (Å²) < 4.78 is 10.8. The molecule has 0 unspecified atom stereocenters. The van der Waals surface area contributed by atoms with Gasteiger partial charge in [0.1, 0.15) is 17.4 Å². The summed E-state index contributed by atoms with van der Waals surface area (Å²) in [4.78, 5) is 12.4. The number of thioether (sulfide) groups is 1. The van der Waals surface area contributed by atoms with Gasteiger partial charge in [0.25, 0.3) is 0 Å². The molecule has 0 bridgehead atoms. The van der Waals surface area contributed by atoms with Crippen molar-refractivity contribution in [3.8, 4) is 11.5 Å². The average molecular weight is 224 g/mol. The molecule has 1 aromatic rings. The summed E-state index contributed by atoms with van der Waals surface area (Å²) in [6.07, 6.45) is 0. The van der Waals surface area contributed by atoms with E-state index in [0.29, 0.717) is 23.9 Å². The number of hydrogen-bond donors (Lipinski definition) is 0. The largest absolute Gasteiger partial charge is 0.493 e. The fourth-order valence-corrected chi connectivity index (χ4v) is 2.24. The third kappa shape index (κ3) is 1.95. The van der Waals surface area contributed by atoms with E-state index in [1.807, 2.05) is 13.0 Å². The van der Waals surface area contributed by atoms with Gasteiger partial charge in [0.05, 0.1) is 17.1 Å². The second-order valence-corrected chi connectivity index (χ2v) is 4.16. The lowest BCUT2D eigenvalue weighted by Crippen LogP contribution is -2.01. The molecule has 3 nitrogen and oxygen atoms in total. The summed E-state index contributed by atoms with van der Waals surface area (Å²) >= 11 is 1.61. The molecule has 80 valence electrons. The predicted molar refractivity (Wildman–Crippen MR) is 59.0 cm³/mol. The Balaban J connectivity index is 2.47. The zero-order valence-electron chi connectivity index (χ0n) is 8.70. The van der Waals surface area contributed by atoms with E-state index < -0.39 is 0 Å². The minimum atomic E-state index is 0.00162. The second-order valence-electron chi connectivity index (χ2n) is 3.19. The number of carbonyl (C=O) groups excluding carboxylic acids is 1. The van der Waals surface area contributed by atoms with Gasteiger partial charge in [0, 0.05) is 0 Å². The van der Waals surface area contributed by atoms with Crippen molar-refractivity contribution < 1.29 is 14.3 Å². The molecule has 0 aromatic heterocycles. The third-order valence-corrected chi connectivity index (χ3v) is 3.02. The molecule has 0 spiro atoms. The molecule has 0 saturated heterocycles. The fraction of sp³-hybridized carbons (Fsp3) is 0.364. The number of rotatable bonds is 3. The lowest BCUT2D eigenvalue weighted by Gasteiger charge is -2.09. The van der Waals surface area contributed by atoms with Gasteiger partial charge in [-0.15, -0.1) is 0 Å². The number of Topliss-reactive ketones (excluding diaryl/α,β-unsaturated/α-hetero) is 1. The van der Waals surface area contributed by atoms with Gasteiger partial charge in [-0.3, -0.25) is 4.79 Å². The zero-order chi connectivity index (χ0) is 10.8. The molecule has 2 rings (SSSR count). The van der Waals surface area contributed by atoms with Gasteiger partial charge in [-0.1, -0.05) is 11.8 Å². The lowest BCUT2D eigenvalue weighted by molar-refractivity contribution is 0.101. The van der Waals surface area contributed by atoms with Crippen molar-refractivity contribution in [1.82, 2.24) is 0 Å². The van der Waals surface area contributed by atoms with Gasteiger partial charge < -0.3 is 9.47 Å². The third-order valence-electron chi connectivity index (χ3n) is 2.15. The maximum atomic E-state index is 11.4. The van der Waals surface area contributed by atoms with Gasteiger partial charge in [-0.2, -0.15) is 0 Å². The van der Waals surface area contributed by atoms with Crippen LogP contribution < -0.4 is 9.47 Å². The van der Waals surface area contributed by atoms with Crippen molar-refractivity contribution >= 4 is 17.5 Å². The van der Waals surface area contributed by atoms with E-state index in [1.54, 1.807) is 17.8 Å². The average Bonchev–Trinajstić information content (AvgIpc) is 2.63. The fourth-order valence-electron chi connectivity index (χ4n) is 1.47. The quantitative estimate of drug-likeness (QED) is 0.739. The molecule has 0 N–H and O–H groups in total. The van der Waals surface area contributed by atoms with Crippen LogP contribution in [-0.2, 0) is 0 Å². The van der Waals surface area contributed by atoms with E-state index in [0.717, 1.165) is 10.6 Å². The molecule has 1 aliphatic rings. The van der Waals surface area contributed by atoms with Crippen LogP contribution in [0.15, 0.2) is 17.0 Å². The SMILES string of the molecule is CCOc1cc2c(cc1C(C)=O)OCS2. The Hall–Kier alpha value is -1.16. The molecule has 4 heteroatoms. The van der Waals surface area contributed by atoms with Crippen LogP contribution in [-0.4, -0.2) is 18.3 Å². The Morgan fingerprint density at radius 2 is 2.40 bits per heavy atom. The number of hydrogen-bond acceptors (Lipinski definition) is 4. The van der Waals surface area contributed by atoms with Crippen LogP contribution in [0.2, 0.25) is 0 Å². The Morgan fingerprint density at radius 1 is 1.60 bits per heavy atom. The first-order chi connectivity index (χ1) is 7.22. The molecule has 0 radical (unpaired) electrons. The highest BCUT2D eigenvalue weighted by Gasteiger charge is 2.19. The van der Waals surface area contributed by atoms with Crippen molar-refractivity contribution in [2.75, 3.05) is 12.5 Å². The summed E-state index contributed by atoms with van der Waals surface area (Å²) in [5, 5.41) is 0. The normalized spacial score (nSPS) is 13.2. The van der Waals surface area contributed by atoms with E-state index in [4.69, 9.17) is 9.47 Å². The molecular formula is C11H12O3S. The topological polar surface area (TPSA) is 35.5 Å². The van der Waals surface area contributed by atoms with Crippen molar-refractivity contribution in [1.29, 1.82) is 0 Å². The van der Waals surface area contributed by atoms with Gasteiger partial charge in [-0.05, 0) is 26.0 Å². The lowest BCUT2D eigenvalue weighted by atomic mass is 10.1. The summed E-state index contributed by atoms with van der Waals surface area (Å²) in [7, 11) is 0. The van der Waals surface area contributed by atoms with Crippen molar-refractivity contribution in [2.45, 2.75) is 18.7 Å². The van der Waals surface area contributed by atoms with Crippen LogP contribution >= 0.6 is 11.8 Å². The van der Waals surface area contributed by atoms with Crippen molar-refractivity contribution in [2.24, 2.45) is 0 Å². The molecule has 0 atom stereocenters. The van der Waals surface area contributed by atoms with Crippen LogP contribution in [0.1, 0.15) is 24.2 Å². The van der Waals surface area contributed by atoms with Crippen LogP contribution in [0, 0.1) is 0 Å². The van der Waals surface area contributed by atoms with E-state index in [9.17, 15) is 4.79 Å². The minimum Gasteiger partial charge on any atom is -0.493 e. The molecule has 1 aromatic carbocycles. The molecule has 0 aliphatic carbocycles. The van der Waals surface area contributed by atoms with Gasteiger partial charge >= 0.3 is 0 Å². The maximum absolute atomic E-state index is 11.4. The Labute approximate surface area is 92.8 Å². The van der Waals surface area contributed by atoms with Crippen LogP contribution in [0.25, 0.3) is 0 Å². The highest BCUT2D eigenvalue weighted by Crippen LogP contribution is 2.40.